The van der Waals surface area contributed by atoms with Gasteiger partial charge in [0.05, 0.1) is 5.52 Å². The van der Waals surface area contributed by atoms with Crippen molar-refractivity contribution in [3.8, 4) is 17.2 Å². The van der Waals surface area contributed by atoms with E-state index in [1.165, 1.54) is 6.07 Å². The topological polar surface area (TPSA) is 131 Å². The molecule has 6 N–H and O–H groups in total. The Morgan fingerprint density at radius 3 is 2.13 bits per heavy atom. The standard InChI is InChI=1S/C23H19N5O2/c24-22(25)15-3-1-5-17(11-15)28-20-13-19(9-7-14(20)8-10-21(28)29)30-18-6-2-4-16(12-18)23(26)27/h1-13H,(H3,24,25)(H3,26,27). The van der Waals surface area contributed by atoms with E-state index >= 15 is 0 Å². The molecule has 0 saturated heterocycles. The predicted octanol–water partition coefficient (Wildman–Crippen LogP) is 3.35. The lowest BCUT2D eigenvalue weighted by atomic mass is 10.1. The van der Waals surface area contributed by atoms with Crippen LogP contribution < -0.4 is 21.8 Å². The number of aromatic nitrogens is 1. The number of rotatable bonds is 5. The highest BCUT2D eigenvalue weighted by molar-refractivity contribution is 5.96. The van der Waals surface area contributed by atoms with Gasteiger partial charge in [-0.05, 0) is 47.9 Å². The summed E-state index contributed by atoms with van der Waals surface area (Å²) < 4.78 is 7.50. The van der Waals surface area contributed by atoms with Crippen LogP contribution in [0, 0.1) is 10.8 Å². The Labute approximate surface area is 172 Å². The van der Waals surface area contributed by atoms with Crippen molar-refractivity contribution in [3.63, 3.8) is 0 Å². The molecule has 0 bridgehead atoms. The van der Waals surface area contributed by atoms with Gasteiger partial charge in [0.25, 0.3) is 5.56 Å². The molecule has 4 rings (SSSR count). The van der Waals surface area contributed by atoms with E-state index in [-0.39, 0.29) is 17.2 Å². The van der Waals surface area contributed by atoms with Gasteiger partial charge in [-0.2, -0.15) is 0 Å². The maximum absolute atomic E-state index is 12.7. The molecule has 0 fully saturated rings. The Hall–Kier alpha value is -4.39. The van der Waals surface area contributed by atoms with Crippen LogP contribution in [0.2, 0.25) is 0 Å². The third kappa shape index (κ3) is 3.64. The molecule has 0 saturated carbocycles. The van der Waals surface area contributed by atoms with Crippen molar-refractivity contribution in [3.05, 3.63) is 100 Å². The van der Waals surface area contributed by atoms with Crippen LogP contribution in [-0.4, -0.2) is 16.2 Å². The number of nitrogens with two attached hydrogens (primary N) is 2. The number of ether oxygens (including phenoxy) is 1. The first kappa shape index (κ1) is 18.9. The molecule has 0 unspecified atom stereocenters. The second-order valence-electron chi connectivity index (χ2n) is 6.74. The normalized spacial score (nSPS) is 10.7. The summed E-state index contributed by atoms with van der Waals surface area (Å²) in [6.45, 7) is 0. The van der Waals surface area contributed by atoms with Crippen LogP contribution in [-0.2, 0) is 0 Å². The second kappa shape index (κ2) is 7.56. The molecule has 0 aliphatic heterocycles. The van der Waals surface area contributed by atoms with Crippen molar-refractivity contribution in [2.45, 2.75) is 0 Å². The molecule has 7 heteroatoms. The fourth-order valence-electron chi connectivity index (χ4n) is 3.22. The lowest BCUT2D eigenvalue weighted by Gasteiger charge is -2.13. The van der Waals surface area contributed by atoms with Gasteiger partial charge in [-0.15, -0.1) is 0 Å². The minimum atomic E-state index is -0.209. The molecule has 0 spiro atoms. The molecule has 0 aliphatic carbocycles. The maximum atomic E-state index is 12.7. The van der Waals surface area contributed by atoms with Crippen LogP contribution >= 0.6 is 0 Å². The number of fused-ring (bicyclic) bond motifs is 1. The van der Waals surface area contributed by atoms with E-state index in [0.29, 0.717) is 33.8 Å². The van der Waals surface area contributed by atoms with Crippen LogP contribution in [0.15, 0.2) is 83.7 Å². The van der Waals surface area contributed by atoms with E-state index in [4.69, 9.17) is 27.0 Å². The average molecular weight is 397 g/mol. The second-order valence-corrected chi connectivity index (χ2v) is 6.74. The van der Waals surface area contributed by atoms with Gasteiger partial charge < -0.3 is 16.2 Å². The average Bonchev–Trinajstić information content (AvgIpc) is 2.74. The first-order valence-electron chi connectivity index (χ1n) is 9.15. The molecule has 4 aromatic rings. The van der Waals surface area contributed by atoms with Crippen molar-refractivity contribution >= 4 is 22.6 Å². The molecule has 148 valence electrons. The fraction of sp³-hybridized carbons (Fsp3) is 0. The lowest BCUT2D eigenvalue weighted by molar-refractivity contribution is 0.483. The smallest absolute Gasteiger partial charge is 0.255 e. The molecular weight excluding hydrogens is 378 g/mol. The lowest BCUT2D eigenvalue weighted by Crippen LogP contribution is -2.18. The summed E-state index contributed by atoms with van der Waals surface area (Å²) in [4.78, 5) is 12.7. The van der Waals surface area contributed by atoms with Gasteiger partial charge in [-0.3, -0.25) is 20.2 Å². The first-order valence-corrected chi connectivity index (χ1v) is 9.15. The summed E-state index contributed by atoms with van der Waals surface area (Å²) in [5.41, 5.74) is 13.3. The molecule has 1 aromatic heterocycles. The molecule has 1 heterocycles. The van der Waals surface area contributed by atoms with Gasteiger partial charge in [-0.1, -0.05) is 24.3 Å². The quantitative estimate of drug-likeness (QED) is 0.304. The summed E-state index contributed by atoms with van der Waals surface area (Å²) in [6.07, 6.45) is 0. The largest absolute Gasteiger partial charge is 0.457 e. The molecule has 7 nitrogen and oxygen atoms in total. The van der Waals surface area contributed by atoms with Crippen LogP contribution in [0.3, 0.4) is 0 Å². The number of nitrogens with zero attached hydrogens (tertiary/aromatic N) is 1. The molecule has 30 heavy (non-hydrogen) atoms. The molecule has 0 amide bonds. The van der Waals surface area contributed by atoms with E-state index in [1.807, 2.05) is 12.1 Å². The summed E-state index contributed by atoms with van der Waals surface area (Å²) in [5.74, 6) is 0.952. The molecule has 0 radical (unpaired) electrons. The zero-order chi connectivity index (χ0) is 21.3. The minimum absolute atomic E-state index is 0.0434. The van der Waals surface area contributed by atoms with Crippen LogP contribution in [0.25, 0.3) is 16.6 Å². The van der Waals surface area contributed by atoms with E-state index < -0.39 is 0 Å². The molecule has 0 atom stereocenters. The highest BCUT2D eigenvalue weighted by Gasteiger charge is 2.09. The summed E-state index contributed by atoms with van der Waals surface area (Å²) in [7, 11) is 0. The highest BCUT2D eigenvalue weighted by atomic mass is 16.5. The third-order valence-corrected chi connectivity index (χ3v) is 4.66. The summed E-state index contributed by atoms with van der Waals surface area (Å²) in [6, 6.07) is 22.6. The van der Waals surface area contributed by atoms with Crippen molar-refractivity contribution in [1.29, 1.82) is 10.8 Å². The van der Waals surface area contributed by atoms with Gasteiger partial charge in [0.15, 0.2) is 0 Å². The first-order chi connectivity index (χ1) is 14.4. The van der Waals surface area contributed by atoms with Gasteiger partial charge in [0, 0.05) is 28.9 Å². The van der Waals surface area contributed by atoms with E-state index in [9.17, 15) is 4.79 Å². The number of nitrogens with one attached hydrogen (secondary N) is 2. The van der Waals surface area contributed by atoms with Crippen LogP contribution in [0.5, 0.6) is 11.5 Å². The molecule has 0 aliphatic rings. The zero-order valence-corrected chi connectivity index (χ0v) is 15.9. The minimum Gasteiger partial charge on any atom is -0.457 e. The summed E-state index contributed by atoms with van der Waals surface area (Å²) >= 11 is 0. The zero-order valence-electron chi connectivity index (χ0n) is 15.9. The maximum Gasteiger partial charge on any atom is 0.255 e. The Balaban J connectivity index is 1.83. The van der Waals surface area contributed by atoms with Gasteiger partial charge in [0.2, 0.25) is 0 Å². The van der Waals surface area contributed by atoms with E-state index in [2.05, 4.69) is 0 Å². The number of nitrogen functional groups attached to an aromatic ring is 2. The van der Waals surface area contributed by atoms with Gasteiger partial charge in [-0.25, -0.2) is 0 Å². The Morgan fingerprint density at radius 1 is 0.767 bits per heavy atom. The molecule has 3 aromatic carbocycles. The highest BCUT2D eigenvalue weighted by Crippen LogP contribution is 2.27. The van der Waals surface area contributed by atoms with Gasteiger partial charge >= 0.3 is 0 Å². The monoisotopic (exact) mass is 397 g/mol. The third-order valence-electron chi connectivity index (χ3n) is 4.66. The van der Waals surface area contributed by atoms with Crippen LogP contribution in [0.1, 0.15) is 11.1 Å². The Morgan fingerprint density at radius 2 is 1.40 bits per heavy atom. The van der Waals surface area contributed by atoms with Crippen LogP contribution in [0.4, 0.5) is 0 Å². The van der Waals surface area contributed by atoms with E-state index in [1.54, 1.807) is 65.2 Å². The van der Waals surface area contributed by atoms with Gasteiger partial charge in [0.1, 0.15) is 23.2 Å². The van der Waals surface area contributed by atoms with Crippen molar-refractivity contribution in [1.82, 2.24) is 4.57 Å². The predicted molar refractivity (Wildman–Crippen MR) is 118 cm³/mol. The van der Waals surface area contributed by atoms with E-state index in [0.717, 1.165) is 5.39 Å². The van der Waals surface area contributed by atoms with Crippen molar-refractivity contribution < 1.29 is 4.74 Å². The SMILES string of the molecule is N=C(N)c1cccc(Oc2ccc3ccc(=O)n(-c4cccc(C(=N)N)c4)c3c2)c1. The molecular formula is C23H19N5O2. The number of benzene rings is 3. The Kier molecular flexibility index (Phi) is 4.77. The van der Waals surface area contributed by atoms with Crippen molar-refractivity contribution in [2.75, 3.05) is 0 Å². The Bertz CT molecular complexity index is 1360. The van der Waals surface area contributed by atoms with Crippen molar-refractivity contribution in [2.24, 2.45) is 11.5 Å². The number of pyridine rings is 1. The number of hydrogen-bond donors (Lipinski definition) is 4. The number of amidine groups is 2. The summed E-state index contributed by atoms with van der Waals surface area (Å²) in [5, 5.41) is 16.1. The fourth-order valence-corrected chi connectivity index (χ4v) is 3.22. The number of hydrogen-bond acceptors (Lipinski definition) is 4.